The van der Waals surface area contributed by atoms with Crippen LogP contribution in [0, 0.1) is 6.92 Å². The normalized spacial score (nSPS) is 11.4. The Balaban J connectivity index is 2.19. The maximum atomic E-state index is 9.48. The second-order valence-corrected chi connectivity index (χ2v) is 4.36. The molecule has 2 N–H and O–H groups in total. The van der Waals surface area contributed by atoms with Gasteiger partial charge >= 0.3 is 0 Å². The predicted molar refractivity (Wildman–Crippen MR) is 75.7 cm³/mol. The van der Waals surface area contributed by atoms with Gasteiger partial charge in [-0.15, -0.1) is 0 Å². The van der Waals surface area contributed by atoms with Gasteiger partial charge in [-0.3, -0.25) is 5.43 Å². The van der Waals surface area contributed by atoms with E-state index < -0.39 is 0 Å². The van der Waals surface area contributed by atoms with Crippen molar-refractivity contribution in [3.63, 3.8) is 0 Å². The number of phenols is 1. The van der Waals surface area contributed by atoms with Crippen LogP contribution < -0.4 is 5.43 Å². The number of hydrogen-bond acceptors (Lipinski definition) is 5. The summed E-state index contributed by atoms with van der Waals surface area (Å²) in [5, 5.41) is 13.9. The molecule has 1 aromatic heterocycles. The van der Waals surface area contributed by atoms with E-state index >= 15 is 0 Å². The van der Waals surface area contributed by atoms with E-state index in [1.807, 2.05) is 19.9 Å². The first-order chi connectivity index (χ1) is 9.08. The minimum Gasteiger partial charge on any atom is -0.508 e. The van der Waals surface area contributed by atoms with E-state index in [2.05, 4.69) is 20.5 Å². The van der Waals surface area contributed by atoms with Gasteiger partial charge in [-0.2, -0.15) is 5.10 Å². The average molecular weight is 277 g/mol. The highest BCUT2D eigenvalue weighted by atomic mass is 35.5. The average Bonchev–Trinajstić information content (AvgIpc) is 2.40. The van der Waals surface area contributed by atoms with Gasteiger partial charge in [0.15, 0.2) is 11.0 Å². The highest BCUT2D eigenvalue weighted by molar-refractivity contribution is 6.31. The Labute approximate surface area is 116 Å². The maximum absolute atomic E-state index is 9.48. The van der Waals surface area contributed by atoms with Crippen LogP contribution in [0.15, 0.2) is 35.7 Å². The molecule has 0 aliphatic rings. The maximum Gasteiger partial charge on any atom is 0.184 e. The lowest BCUT2D eigenvalue weighted by atomic mass is 10.1. The number of hydrazone groups is 1. The first kappa shape index (κ1) is 13.3. The summed E-state index contributed by atoms with van der Waals surface area (Å²) in [7, 11) is 0. The van der Waals surface area contributed by atoms with Crippen molar-refractivity contribution < 1.29 is 5.11 Å². The molecule has 0 unspecified atom stereocenters. The molecule has 1 heterocycles. The van der Waals surface area contributed by atoms with Crippen LogP contribution in [0.1, 0.15) is 18.1 Å². The Morgan fingerprint density at radius 3 is 2.74 bits per heavy atom. The molecule has 0 bridgehead atoms. The number of halogens is 1. The number of anilines is 1. The lowest BCUT2D eigenvalue weighted by molar-refractivity contribution is 0.471. The number of hydrogen-bond donors (Lipinski definition) is 2. The standard InChI is InChI=1S/C13H13ClN4O/c1-8-7-10(3-4-11(8)19)9(2)17-18-13-12(14)15-5-6-16-13/h3-7,19H,1-2H3,(H,16,18)/b17-9+. The Kier molecular flexibility index (Phi) is 3.97. The van der Waals surface area contributed by atoms with Gasteiger partial charge < -0.3 is 5.11 Å². The molecule has 6 heteroatoms. The number of benzene rings is 1. The second kappa shape index (κ2) is 5.67. The molecule has 0 amide bonds. The van der Waals surface area contributed by atoms with Crippen molar-refractivity contribution >= 4 is 23.1 Å². The van der Waals surface area contributed by atoms with E-state index in [4.69, 9.17) is 11.6 Å². The third-order valence-electron chi connectivity index (χ3n) is 2.60. The van der Waals surface area contributed by atoms with Crippen LogP contribution in [-0.2, 0) is 0 Å². The van der Waals surface area contributed by atoms with Gasteiger partial charge in [0, 0.05) is 12.4 Å². The summed E-state index contributed by atoms with van der Waals surface area (Å²) in [6.07, 6.45) is 3.04. The Bertz CT molecular complexity index is 628. The predicted octanol–water partition coefficient (Wildman–Crippen LogP) is 2.98. The fourth-order valence-corrected chi connectivity index (χ4v) is 1.63. The number of phenolic OH excluding ortho intramolecular Hbond substituents is 1. The Morgan fingerprint density at radius 1 is 1.32 bits per heavy atom. The van der Waals surface area contributed by atoms with E-state index in [-0.39, 0.29) is 10.9 Å². The van der Waals surface area contributed by atoms with E-state index in [0.29, 0.717) is 5.82 Å². The summed E-state index contributed by atoms with van der Waals surface area (Å²) < 4.78 is 0. The number of aromatic hydroxyl groups is 1. The zero-order chi connectivity index (χ0) is 13.8. The lowest BCUT2D eigenvalue weighted by Gasteiger charge is -2.05. The monoisotopic (exact) mass is 276 g/mol. The van der Waals surface area contributed by atoms with E-state index in [9.17, 15) is 5.11 Å². The fourth-order valence-electron chi connectivity index (χ4n) is 1.48. The smallest absolute Gasteiger partial charge is 0.184 e. The van der Waals surface area contributed by atoms with Crippen molar-refractivity contribution in [2.24, 2.45) is 5.10 Å². The molecular weight excluding hydrogens is 264 g/mol. The van der Waals surface area contributed by atoms with Crippen LogP contribution in [0.4, 0.5) is 5.82 Å². The molecule has 2 aromatic rings. The number of aromatic nitrogens is 2. The number of rotatable bonds is 3. The molecule has 0 atom stereocenters. The van der Waals surface area contributed by atoms with Gasteiger partial charge in [-0.05, 0) is 43.2 Å². The third kappa shape index (κ3) is 3.20. The molecule has 2 rings (SSSR count). The molecule has 0 aliphatic heterocycles. The van der Waals surface area contributed by atoms with Crippen LogP contribution in [0.25, 0.3) is 0 Å². The molecule has 0 aliphatic carbocycles. The van der Waals surface area contributed by atoms with Gasteiger partial charge in [-0.25, -0.2) is 9.97 Å². The molecule has 0 radical (unpaired) electrons. The summed E-state index contributed by atoms with van der Waals surface area (Å²) in [6.45, 7) is 3.68. The van der Waals surface area contributed by atoms with E-state index in [1.54, 1.807) is 12.1 Å². The summed E-state index contributed by atoms with van der Waals surface area (Å²) >= 11 is 5.86. The van der Waals surface area contributed by atoms with Crippen molar-refractivity contribution in [2.75, 3.05) is 5.43 Å². The first-order valence-corrected chi connectivity index (χ1v) is 6.02. The van der Waals surface area contributed by atoms with Gasteiger partial charge in [0.25, 0.3) is 0 Å². The Hall–Kier alpha value is -2.14. The van der Waals surface area contributed by atoms with Crippen LogP contribution in [-0.4, -0.2) is 20.8 Å². The minimum atomic E-state index is 0.265. The molecule has 5 nitrogen and oxygen atoms in total. The minimum absolute atomic E-state index is 0.265. The molecule has 0 fully saturated rings. The van der Waals surface area contributed by atoms with Crippen molar-refractivity contribution in [2.45, 2.75) is 13.8 Å². The lowest BCUT2D eigenvalue weighted by Crippen LogP contribution is -2.02. The highest BCUT2D eigenvalue weighted by Crippen LogP contribution is 2.18. The van der Waals surface area contributed by atoms with E-state index in [0.717, 1.165) is 16.8 Å². The second-order valence-electron chi connectivity index (χ2n) is 4.01. The van der Waals surface area contributed by atoms with Crippen LogP contribution in [0.5, 0.6) is 5.75 Å². The van der Waals surface area contributed by atoms with Crippen LogP contribution >= 0.6 is 11.6 Å². The van der Waals surface area contributed by atoms with Crippen molar-refractivity contribution in [3.8, 4) is 5.75 Å². The number of aryl methyl sites for hydroxylation is 1. The molecule has 1 aromatic carbocycles. The number of nitrogens with one attached hydrogen (secondary N) is 1. The van der Waals surface area contributed by atoms with Gasteiger partial charge in [0.2, 0.25) is 0 Å². The summed E-state index contributed by atoms with van der Waals surface area (Å²) in [5.74, 6) is 0.667. The molecule has 19 heavy (non-hydrogen) atoms. The molecule has 0 spiro atoms. The van der Waals surface area contributed by atoms with Gasteiger partial charge in [-0.1, -0.05) is 11.6 Å². The van der Waals surface area contributed by atoms with Gasteiger partial charge in [0.05, 0.1) is 5.71 Å². The van der Waals surface area contributed by atoms with Crippen molar-refractivity contribution in [3.05, 3.63) is 46.9 Å². The van der Waals surface area contributed by atoms with E-state index in [1.165, 1.54) is 12.4 Å². The molecule has 0 saturated heterocycles. The molecule has 0 saturated carbocycles. The summed E-state index contributed by atoms with van der Waals surface area (Å²) in [5.41, 5.74) is 5.22. The van der Waals surface area contributed by atoms with Crippen molar-refractivity contribution in [1.82, 2.24) is 9.97 Å². The number of nitrogens with zero attached hydrogens (tertiary/aromatic N) is 3. The highest BCUT2D eigenvalue weighted by Gasteiger charge is 2.03. The fraction of sp³-hybridized carbons (Fsp3) is 0.154. The largest absolute Gasteiger partial charge is 0.508 e. The SMILES string of the molecule is C/C(=N\Nc1nccnc1Cl)c1ccc(O)c(C)c1. The zero-order valence-corrected chi connectivity index (χ0v) is 11.3. The molecule has 98 valence electrons. The first-order valence-electron chi connectivity index (χ1n) is 5.64. The van der Waals surface area contributed by atoms with Crippen LogP contribution in [0.2, 0.25) is 5.15 Å². The topological polar surface area (TPSA) is 70.4 Å². The van der Waals surface area contributed by atoms with Crippen molar-refractivity contribution in [1.29, 1.82) is 0 Å². The third-order valence-corrected chi connectivity index (χ3v) is 2.87. The quantitative estimate of drug-likeness (QED) is 0.668. The molecular formula is C13H13ClN4O. The Morgan fingerprint density at radius 2 is 2.05 bits per heavy atom. The van der Waals surface area contributed by atoms with Gasteiger partial charge in [0.1, 0.15) is 5.75 Å². The summed E-state index contributed by atoms with van der Waals surface area (Å²) in [4.78, 5) is 7.92. The summed E-state index contributed by atoms with van der Waals surface area (Å²) in [6, 6.07) is 5.29. The van der Waals surface area contributed by atoms with Crippen LogP contribution in [0.3, 0.4) is 0 Å². The zero-order valence-electron chi connectivity index (χ0n) is 10.6.